The minimum Gasteiger partial charge on any atom is -0.369 e. The maximum absolute atomic E-state index is 6.34. The van der Waals surface area contributed by atoms with Crippen molar-refractivity contribution in [2.45, 2.75) is 45.8 Å². The summed E-state index contributed by atoms with van der Waals surface area (Å²) in [5, 5.41) is 0.728. The van der Waals surface area contributed by atoms with Gasteiger partial charge in [-0.2, -0.15) is 4.99 Å². The molecule has 0 radical (unpaired) electrons. The molecule has 1 heterocycles. The van der Waals surface area contributed by atoms with E-state index in [1.54, 1.807) is 0 Å². The zero-order valence-corrected chi connectivity index (χ0v) is 16.9. The maximum Gasteiger partial charge on any atom is 0.198 e. The van der Waals surface area contributed by atoms with Crippen LogP contribution < -0.4 is 5.73 Å². The van der Waals surface area contributed by atoms with Crippen molar-refractivity contribution in [1.82, 2.24) is 4.90 Å². The highest BCUT2D eigenvalue weighted by atomic mass is 35.5. The quantitative estimate of drug-likeness (QED) is 0.774. The van der Waals surface area contributed by atoms with Crippen molar-refractivity contribution in [1.29, 1.82) is 0 Å². The van der Waals surface area contributed by atoms with Gasteiger partial charge in [0, 0.05) is 11.6 Å². The van der Waals surface area contributed by atoms with Crippen molar-refractivity contribution in [3.63, 3.8) is 0 Å². The number of hydrogen-bond acceptors (Lipinski definition) is 3. The van der Waals surface area contributed by atoms with E-state index in [2.05, 4.69) is 48.9 Å². The van der Waals surface area contributed by atoms with Gasteiger partial charge in [-0.25, -0.2) is 0 Å². The zero-order valence-electron chi connectivity index (χ0n) is 16.2. The van der Waals surface area contributed by atoms with E-state index in [-0.39, 0.29) is 5.54 Å². The molecule has 1 atom stereocenters. The van der Waals surface area contributed by atoms with E-state index < -0.39 is 0 Å². The summed E-state index contributed by atoms with van der Waals surface area (Å²) in [6, 6.07) is 18.1. The number of guanidine groups is 1. The number of hydrogen-bond donors (Lipinski definition) is 1. The van der Waals surface area contributed by atoms with Crippen LogP contribution in [-0.4, -0.2) is 22.2 Å². The molecule has 0 aromatic heterocycles. The third-order valence-corrected chi connectivity index (χ3v) is 5.10. The topological polar surface area (TPSA) is 54.0 Å². The van der Waals surface area contributed by atoms with E-state index in [1.807, 2.05) is 36.4 Å². The molecular formula is C22H27ClN4. The molecule has 0 fully saturated rings. The van der Waals surface area contributed by atoms with Gasteiger partial charge in [0.05, 0.1) is 6.54 Å². The summed E-state index contributed by atoms with van der Waals surface area (Å²) in [5.41, 5.74) is 8.28. The Labute approximate surface area is 166 Å². The van der Waals surface area contributed by atoms with Crippen LogP contribution in [0.2, 0.25) is 5.02 Å². The molecule has 2 aromatic carbocycles. The van der Waals surface area contributed by atoms with Crippen molar-refractivity contribution < 1.29 is 0 Å². The number of nitrogens with zero attached hydrogens (tertiary/aromatic N) is 3. The van der Waals surface area contributed by atoms with E-state index >= 15 is 0 Å². The first-order chi connectivity index (χ1) is 12.9. The molecule has 1 aliphatic heterocycles. The molecule has 0 spiro atoms. The lowest BCUT2D eigenvalue weighted by molar-refractivity contribution is 0.232. The fraction of sp³-hybridized carbons (Fsp3) is 0.364. The van der Waals surface area contributed by atoms with Crippen LogP contribution in [0.25, 0.3) is 0 Å². The largest absolute Gasteiger partial charge is 0.369 e. The SMILES string of the molecule is CC(C)CC1(C)C(=NCc2ccccc2)N=C(N)N1Cc1cccc(Cl)c1. The Kier molecular flexibility index (Phi) is 5.85. The van der Waals surface area contributed by atoms with E-state index in [0.717, 1.165) is 22.8 Å². The highest BCUT2D eigenvalue weighted by Gasteiger charge is 2.44. The number of amidine groups is 1. The van der Waals surface area contributed by atoms with Crippen molar-refractivity contribution in [2.24, 2.45) is 21.6 Å². The van der Waals surface area contributed by atoms with Gasteiger partial charge in [-0.05, 0) is 42.5 Å². The third kappa shape index (κ3) is 4.51. The third-order valence-electron chi connectivity index (χ3n) is 4.86. The van der Waals surface area contributed by atoms with Crippen LogP contribution >= 0.6 is 11.6 Å². The minimum absolute atomic E-state index is 0.338. The van der Waals surface area contributed by atoms with Crippen molar-refractivity contribution in [3.8, 4) is 0 Å². The minimum atomic E-state index is -0.338. The van der Waals surface area contributed by atoms with Crippen LogP contribution in [0.4, 0.5) is 0 Å². The first-order valence-corrected chi connectivity index (χ1v) is 9.71. The fourth-order valence-corrected chi connectivity index (χ4v) is 3.90. The highest BCUT2D eigenvalue weighted by Crippen LogP contribution is 2.33. The molecule has 142 valence electrons. The molecular weight excluding hydrogens is 356 g/mol. The molecule has 0 amide bonds. The summed E-state index contributed by atoms with van der Waals surface area (Å²) in [6.45, 7) is 7.87. The molecule has 0 saturated heterocycles. The van der Waals surface area contributed by atoms with Gasteiger partial charge in [0.2, 0.25) is 0 Å². The Morgan fingerprint density at radius 2 is 1.81 bits per heavy atom. The molecule has 1 aliphatic rings. The summed E-state index contributed by atoms with van der Waals surface area (Å²) >= 11 is 6.16. The predicted octanol–water partition coefficient (Wildman–Crippen LogP) is 4.87. The molecule has 2 N–H and O–H groups in total. The summed E-state index contributed by atoms with van der Waals surface area (Å²) in [5.74, 6) is 1.81. The molecule has 4 nitrogen and oxygen atoms in total. The summed E-state index contributed by atoms with van der Waals surface area (Å²) in [7, 11) is 0. The number of nitrogens with two attached hydrogens (primary N) is 1. The van der Waals surface area contributed by atoms with Gasteiger partial charge in [-0.1, -0.05) is 67.9 Å². The molecule has 0 bridgehead atoms. The number of benzene rings is 2. The molecule has 2 aromatic rings. The second kappa shape index (κ2) is 8.13. The molecule has 1 unspecified atom stereocenters. The summed E-state index contributed by atoms with van der Waals surface area (Å²) in [6.07, 6.45) is 0.922. The van der Waals surface area contributed by atoms with E-state index in [0.29, 0.717) is 25.0 Å². The van der Waals surface area contributed by atoms with Crippen molar-refractivity contribution in [3.05, 3.63) is 70.7 Å². The average Bonchev–Trinajstić information content (AvgIpc) is 2.84. The van der Waals surface area contributed by atoms with Crippen LogP contribution in [0.1, 0.15) is 38.3 Å². The smallest absolute Gasteiger partial charge is 0.198 e. The lowest BCUT2D eigenvalue weighted by atomic mass is 9.88. The monoisotopic (exact) mass is 382 g/mol. The van der Waals surface area contributed by atoms with Gasteiger partial charge in [0.15, 0.2) is 11.8 Å². The first kappa shape index (κ1) is 19.4. The van der Waals surface area contributed by atoms with Crippen LogP contribution in [0.3, 0.4) is 0 Å². The van der Waals surface area contributed by atoms with E-state index in [4.69, 9.17) is 22.3 Å². The Balaban J connectivity index is 1.90. The molecule has 27 heavy (non-hydrogen) atoms. The van der Waals surface area contributed by atoms with E-state index in [1.165, 1.54) is 5.56 Å². The van der Waals surface area contributed by atoms with Crippen LogP contribution in [0.15, 0.2) is 64.6 Å². The molecule has 0 aliphatic carbocycles. The van der Waals surface area contributed by atoms with Gasteiger partial charge in [-0.3, -0.25) is 4.99 Å². The van der Waals surface area contributed by atoms with Gasteiger partial charge in [0.1, 0.15) is 5.54 Å². The van der Waals surface area contributed by atoms with Crippen LogP contribution in [0, 0.1) is 5.92 Å². The average molecular weight is 383 g/mol. The van der Waals surface area contributed by atoms with Gasteiger partial charge in [-0.15, -0.1) is 0 Å². The number of halogens is 1. The Morgan fingerprint density at radius 3 is 2.48 bits per heavy atom. The van der Waals surface area contributed by atoms with Gasteiger partial charge >= 0.3 is 0 Å². The second-order valence-electron chi connectivity index (χ2n) is 7.68. The van der Waals surface area contributed by atoms with Crippen molar-refractivity contribution in [2.75, 3.05) is 0 Å². The Bertz CT molecular complexity index is 844. The highest BCUT2D eigenvalue weighted by molar-refractivity contribution is 6.30. The predicted molar refractivity (Wildman–Crippen MR) is 114 cm³/mol. The van der Waals surface area contributed by atoms with Crippen LogP contribution in [-0.2, 0) is 13.1 Å². The molecule has 3 rings (SSSR count). The van der Waals surface area contributed by atoms with Crippen LogP contribution in [0.5, 0.6) is 0 Å². The van der Waals surface area contributed by atoms with Crippen molar-refractivity contribution >= 4 is 23.4 Å². The van der Waals surface area contributed by atoms with E-state index in [9.17, 15) is 0 Å². The Morgan fingerprint density at radius 1 is 1.11 bits per heavy atom. The molecule has 0 saturated carbocycles. The number of rotatable bonds is 6. The standard InChI is InChI=1S/C22H27ClN4/c1-16(2)13-22(3)20(25-14-17-8-5-4-6-9-17)26-21(24)27(22)15-18-10-7-11-19(23)12-18/h4-12,16H,13-15H2,1-3H3,(H2,24,25,26). The normalized spacial score (nSPS) is 21.1. The summed E-state index contributed by atoms with van der Waals surface area (Å²) in [4.78, 5) is 11.6. The Hall–Kier alpha value is -2.33. The first-order valence-electron chi connectivity index (χ1n) is 9.33. The maximum atomic E-state index is 6.34. The number of aliphatic imine (C=N–C) groups is 2. The van der Waals surface area contributed by atoms with Gasteiger partial charge in [0.25, 0.3) is 0 Å². The molecule has 5 heteroatoms. The fourth-order valence-electron chi connectivity index (χ4n) is 3.69. The second-order valence-corrected chi connectivity index (χ2v) is 8.12. The lowest BCUT2D eigenvalue weighted by Crippen LogP contribution is -2.51. The van der Waals surface area contributed by atoms with Gasteiger partial charge < -0.3 is 10.6 Å². The zero-order chi connectivity index (χ0) is 19.4. The summed E-state index contributed by atoms with van der Waals surface area (Å²) < 4.78 is 0. The lowest BCUT2D eigenvalue weighted by Gasteiger charge is -2.37.